The number of nitrogens with one attached hydrogen (secondary N) is 1. The Morgan fingerprint density at radius 1 is 1.32 bits per heavy atom. The lowest BCUT2D eigenvalue weighted by atomic mass is 10.1. The third-order valence-electron chi connectivity index (χ3n) is 4.64. The smallest absolute Gasteiger partial charge is 0.239 e. The predicted octanol–water partition coefficient (Wildman–Crippen LogP) is 1.55. The van der Waals surface area contributed by atoms with Crippen molar-refractivity contribution in [1.29, 1.82) is 0 Å². The van der Waals surface area contributed by atoms with Crippen LogP contribution >= 0.6 is 11.3 Å². The molecule has 1 fully saturated rings. The van der Waals surface area contributed by atoms with Crippen LogP contribution in [0.2, 0.25) is 0 Å². The van der Waals surface area contributed by atoms with Gasteiger partial charge in [-0.05, 0) is 51.2 Å². The lowest BCUT2D eigenvalue weighted by Crippen LogP contribution is -2.44. The van der Waals surface area contributed by atoms with E-state index in [4.69, 9.17) is 0 Å². The number of rotatable bonds is 7. The summed E-state index contributed by atoms with van der Waals surface area (Å²) < 4.78 is 0. The zero-order valence-electron chi connectivity index (χ0n) is 15.4. The van der Waals surface area contributed by atoms with Crippen molar-refractivity contribution in [2.24, 2.45) is 0 Å². The Balaban J connectivity index is 1.89. The molecule has 1 aromatic rings. The molecule has 0 radical (unpaired) electrons. The van der Waals surface area contributed by atoms with Crippen LogP contribution in [0.1, 0.15) is 42.4 Å². The van der Waals surface area contributed by atoms with E-state index in [1.54, 1.807) is 6.07 Å². The summed E-state index contributed by atoms with van der Waals surface area (Å²) in [5.74, 6) is 0.0854. The Morgan fingerprint density at radius 2 is 2.00 bits per heavy atom. The molecule has 2 amide bonds. The van der Waals surface area contributed by atoms with Gasteiger partial charge in [0.1, 0.15) is 0 Å². The normalized spacial score (nSPS) is 20.5. The zero-order chi connectivity index (χ0) is 18.6. The second-order valence-electron chi connectivity index (χ2n) is 6.52. The highest BCUT2D eigenvalue weighted by molar-refractivity contribution is 7.12. The van der Waals surface area contributed by atoms with E-state index < -0.39 is 0 Å². The number of amides is 2. The summed E-state index contributed by atoms with van der Waals surface area (Å²) in [7, 11) is 1.93. The second-order valence-corrected chi connectivity index (χ2v) is 7.43. The maximum absolute atomic E-state index is 12.5. The summed E-state index contributed by atoms with van der Waals surface area (Å²) in [6.45, 7) is 7.56. The van der Waals surface area contributed by atoms with Crippen LogP contribution in [0.15, 0.2) is 11.4 Å². The average molecular weight is 365 g/mol. The van der Waals surface area contributed by atoms with Gasteiger partial charge in [0.2, 0.25) is 11.8 Å². The molecule has 0 spiro atoms. The first-order chi connectivity index (χ1) is 11.8. The van der Waals surface area contributed by atoms with E-state index in [2.05, 4.69) is 5.32 Å². The number of nitrogens with zero attached hydrogens (tertiary/aromatic N) is 2. The van der Waals surface area contributed by atoms with E-state index in [0.717, 1.165) is 5.56 Å². The van der Waals surface area contributed by atoms with Crippen LogP contribution in [0, 0.1) is 0 Å². The monoisotopic (exact) mass is 365 g/mol. The van der Waals surface area contributed by atoms with Crippen molar-refractivity contribution in [1.82, 2.24) is 15.1 Å². The number of thiophene rings is 1. The van der Waals surface area contributed by atoms with E-state index in [9.17, 15) is 14.4 Å². The summed E-state index contributed by atoms with van der Waals surface area (Å²) in [5, 5.41) is 4.88. The fourth-order valence-electron chi connectivity index (χ4n) is 3.26. The highest BCUT2D eigenvalue weighted by atomic mass is 32.1. The SMILES string of the molecule is CCN(CC)C(=O)[C@@H]1C[C@@H](NC(=O)Cc2csc(C(C)=O)c2)CN1C. The molecule has 2 heterocycles. The Bertz CT molecular complexity index is 639. The highest BCUT2D eigenvalue weighted by Gasteiger charge is 2.36. The zero-order valence-corrected chi connectivity index (χ0v) is 16.2. The molecule has 25 heavy (non-hydrogen) atoms. The third kappa shape index (κ3) is 4.89. The summed E-state index contributed by atoms with van der Waals surface area (Å²) in [6, 6.07) is 1.59. The standard InChI is InChI=1S/C18H27N3O3S/c1-5-21(6-2)18(24)15-9-14(10-20(15)4)19-17(23)8-13-7-16(12(3)22)25-11-13/h7,11,14-15H,5-6,8-10H2,1-4H3,(H,19,23)/t14-,15+/m1/s1. The first-order valence-corrected chi connectivity index (χ1v) is 9.60. The van der Waals surface area contributed by atoms with Crippen LogP contribution in [-0.2, 0) is 16.0 Å². The molecule has 1 aromatic heterocycles. The molecule has 0 unspecified atom stereocenters. The van der Waals surface area contributed by atoms with Gasteiger partial charge in [-0.3, -0.25) is 19.3 Å². The molecular formula is C18H27N3O3S. The van der Waals surface area contributed by atoms with Crippen molar-refractivity contribution >= 4 is 28.9 Å². The number of hydrogen-bond acceptors (Lipinski definition) is 5. The van der Waals surface area contributed by atoms with Gasteiger partial charge in [0.15, 0.2) is 5.78 Å². The van der Waals surface area contributed by atoms with Crippen LogP contribution < -0.4 is 5.32 Å². The van der Waals surface area contributed by atoms with Crippen LogP contribution in [0.5, 0.6) is 0 Å². The maximum Gasteiger partial charge on any atom is 0.239 e. The molecule has 0 aliphatic carbocycles. The largest absolute Gasteiger partial charge is 0.352 e. The quantitative estimate of drug-likeness (QED) is 0.745. The number of ketones is 1. The molecular weight excluding hydrogens is 338 g/mol. The number of likely N-dealkylation sites (N-methyl/N-ethyl adjacent to an activating group) is 2. The van der Waals surface area contributed by atoms with Crippen LogP contribution in [0.4, 0.5) is 0 Å². The molecule has 0 saturated carbocycles. The molecule has 0 aromatic carbocycles. The van der Waals surface area contributed by atoms with Gasteiger partial charge in [-0.1, -0.05) is 0 Å². The number of Topliss-reactive ketones (excluding diaryl/α,β-unsaturated/α-hetero) is 1. The first-order valence-electron chi connectivity index (χ1n) is 8.72. The molecule has 1 N–H and O–H groups in total. The lowest BCUT2D eigenvalue weighted by molar-refractivity contribution is -0.135. The van der Waals surface area contributed by atoms with Crippen molar-refractivity contribution in [2.75, 3.05) is 26.7 Å². The molecule has 0 bridgehead atoms. The molecule has 1 aliphatic rings. The van der Waals surface area contributed by atoms with E-state index in [0.29, 0.717) is 30.9 Å². The van der Waals surface area contributed by atoms with E-state index >= 15 is 0 Å². The minimum atomic E-state index is -0.171. The van der Waals surface area contributed by atoms with Gasteiger partial charge in [-0.2, -0.15) is 0 Å². The van der Waals surface area contributed by atoms with Gasteiger partial charge in [0.05, 0.1) is 17.3 Å². The predicted molar refractivity (Wildman–Crippen MR) is 98.9 cm³/mol. The van der Waals surface area contributed by atoms with E-state index in [-0.39, 0.29) is 36.1 Å². The first kappa shape index (κ1) is 19.6. The van der Waals surface area contributed by atoms with Crippen LogP contribution in [0.25, 0.3) is 0 Å². The van der Waals surface area contributed by atoms with Gasteiger partial charge in [0, 0.05) is 25.7 Å². The Labute approximate surface area is 153 Å². The summed E-state index contributed by atoms with van der Waals surface area (Å²) >= 11 is 1.37. The molecule has 2 rings (SSSR count). The summed E-state index contributed by atoms with van der Waals surface area (Å²) in [4.78, 5) is 40.7. The Morgan fingerprint density at radius 3 is 2.56 bits per heavy atom. The van der Waals surface area contributed by atoms with Gasteiger partial charge < -0.3 is 10.2 Å². The maximum atomic E-state index is 12.5. The van der Waals surface area contributed by atoms with E-state index in [1.807, 2.05) is 36.1 Å². The number of carbonyl (C=O) groups excluding carboxylic acids is 3. The number of likely N-dealkylation sites (tertiary alicyclic amines) is 1. The molecule has 7 heteroatoms. The minimum absolute atomic E-state index is 0.0202. The Hall–Kier alpha value is -1.73. The fourth-order valence-corrected chi connectivity index (χ4v) is 4.07. The minimum Gasteiger partial charge on any atom is -0.352 e. The van der Waals surface area contributed by atoms with Crippen molar-refractivity contribution in [2.45, 2.75) is 45.7 Å². The molecule has 1 aliphatic heterocycles. The topological polar surface area (TPSA) is 69.7 Å². The second kappa shape index (κ2) is 8.58. The van der Waals surface area contributed by atoms with E-state index in [1.165, 1.54) is 18.3 Å². The number of hydrogen-bond donors (Lipinski definition) is 1. The molecule has 2 atom stereocenters. The van der Waals surface area contributed by atoms with Crippen molar-refractivity contribution < 1.29 is 14.4 Å². The number of carbonyl (C=O) groups is 3. The molecule has 1 saturated heterocycles. The van der Waals surface area contributed by atoms with Gasteiger partial charge in [-0.25, -0.2) is 0 Å². The summed E-state index contributed by atoms with van der Waals surface area (Å²) in [5.41, 5.74) is 0.856. The van der Waals surface area contributed by atoms with Crippen molar-refractivity contribution in [3.8, 4) is 0 Å². The molecule has 6 nitrogen and oxygen atoms in total. The Kier molecular flexibility index (Phi) is 6.72. The average Bonchev–Trinajstić information content (AvgIpc) is 3.15. The van der Waals surface area contributed by atoms with Crippen molar-refractivity contribution in [3.05, 3.63) is 21.9 Å². The van der Waals surface area contributed by atoms with Crippen LogP contribution in [0.3, 0.4) is 0 Å². The fraction of sp³-hybridized carbons (Fsp3) is 0.611. The highest BCUT2D eigenvalue weighted by Crippen LogP contribution is 2.19. The van der Waals surface area contributed by atoms with Gasteiger partial charge in [-0.15, -0.1) is 11.3 Å². The van der Waals surface area contributed by atoms with Gasteiger partial charge in [0.25, 0.3) is 0 Å². The van der Waals surface area contributed by atoms with Crippen molar-refractivity contribution in [3.63, 3.8) is 0 Å². The lowest BCUT2D eigenvalue weighted by Gasteiger charge is -2.26. The van der Waals surface area contributed by atoms with Gasteiger partial charge >= 0.3 is 0 Å². The summed E-state index contributed by atoms with van der Waals surface area (Å²) in [6.07, 6.45) is 0.901. The van der Waals surface area contributed by atoms with Crippen LogP contribution in [-0.4, -0.2) is 66.2 Å². The third-order valence-corrected chi connectivity index (χ3v) is 5.72. The molecule has 138 valence electrons.